The Balaban J connectivity index is 1.68. The molecule has 1 aromatic carbocycles. The van der Waals surface area contributed by atoms with E-state index in [0.29, 0.717) is 62.3 Å². The third-order valence-electron chi connectivity index (χ3n) is 5.29. The van der Waals surface area contributed by atoms with E-state index in [9.17, 15) is 13.2 Å². The highest BCUT2D eigenvalue weighted by molar-refractivity contribution is 9.10. The SMILES string of the molecule is CC(=O)N1CCc2cc(Br)cc(S(=O)(=O)N3CCC4(CC3)OCCO4)c21. The number of sulfonamides is 1. The minimum Gasteiger partial charge on any atom is -0.347 e. The summed E-state index contributed by atoms with van der Waals surface area (Å²) in [5.74, 6) is -0.774. The molecule has 4 rings (SSSR count). The third kappa shape index (κ3) is 2.99. The number of benzene rings is 1. The number of ether oxygens (including phenoxy) is 2. The molecular formula is C17H21BrN2O5S. The van der Waals surface area contributed by atoms with Gasteiger partial charge in [-0.05, 0) is 24.1 Å². The Hall–Kier alpha value is -1.00. The summed E-state index contributed by atoms with van der Waals surface area (Å²) >= 11 is 3.41. The fourth-order valence-corrected chi connectivity index (χ4v) is 6.33. The fraction of sp³-hybridized carbons (Fsp3) is 0.588. The van der Waals surface area contributed by atoms with Crippen molar-refractivity contribution < 1.29 is 22.7 Å². The molecule has 0 N–H and O–H groups in total. The van der Waals surface area contributed by atoms with E-state index < -0.39 is 15.8 Å². The molecule has 0 atom stereocenters. The van der Waals surface area contributed by atoms with Crippen molar-refractivity contribution in [1.82, 2.24) is 4.31 Å². The van der Waals surface area contributed by atoms with Gasteiger partial charge in [-0.25, -0.2) is 8.42 Å². The number of carbonyl (C=O) groups excluding carboxylic acids is 1. The Morgan fingerprint density at radius 1 is 1.15 bits per heavy atom. The van der Waals surface area contributed by atoms with E-state index in [1.54, 1.807) is 11.0 Å². The first-order valence-corrected chi connectivity index (χ1v) is 10.9. The van der Waals surface area contributed by atoms with Crippen LogP contribution in [0, 0.1) is 0 Å². The van der Waals surface area contributed by atoms with Crippen LogP contribution >= 0.6 is 15.9 Å². The highest BCUT2D eigenvalue weighted by Gasteiger charge is 2.44. The molecule has 0 bridgehead atoms. The van der Waals surface area contributed by atoms with Crippen molar-refractivity contribution in [2.75, 3.05) is 37.7 Å². The number of carbonyl (C=O) groups is 1. The predicted octanol–water partition coefficient (Wildman–Crippen LogP) is 1.89. The fourth-order valence-electron chi connectivity index (χ4n) is 3.97. The van der Waals surface area contributed by atoms with E-state index >= 15 is 0 Å². The molecule has 3 aliphatic rings. The van der Waals surface area contributed by atoms with Crippen LogP contribution in [0.1, 0.15) is 25.3 Å². The molecule has 3 aliphatic heterocycles. The Morgan fingerprint density at radius 2 is 1.81 bits per heavy atom. The van der Waals surface area contributed by atoms with Gasteiger partial charge in [-0.15, -0.1) is 0 Å². The van der Waals surface area contributed by atoms with Crippen molar-refractivity contribution in [2.24, 2.45) is 0 Å². The maximum absolute atomic E-state index is 13.4. The van der Waals surface area contributed by atoms with Crippen LogP contribution in [0.3, 0.4) is 0 Å². The molecule has 26 heavy (non-hydrogen) atoms. The summed E-state index contributed by atoms with van der Waals surface area (Å²) in [7, 11) is -3.72. The summed E-state index contributed by atoms with van der Waals surface area (Å²) in [6.07, 6.45) is 1.68. The summed E-state index contributed by atoms with van der Waals surface area (Å²) in [6, 6.07) is 3.49. The molecule has 0 radical (unpaired) electrons. The molecule has 0 saturated carbocycles. The Bertz CT molecular complexity index is 841. The molecule has 1 spiro atoms. The largest absolute Gasteiger partial charge is 0.347 e. The second-order valence-electron chi connectivity index (χ2n) is 6.84. The van der Waals surface area contributed by atoms with Crippen LogP contribution in [-0.2, 0) is 30.7 Å². The van der Waals surface area contributed by atoms with Crippen molar-refractivity contribution in [2.45, 2.75) is 36.9 Å². The number of halogens is 1. The first-order chi connectivity index (χ1) is 12.3. The molecule has 7 nitrogen and oxygen atoms in total. The highest BCUT2D eigenvalue weighted by Crippen LogP contribution is 2.40. The minimum atomic E-state index is -3.72. The van der Waals surface area contributed by atoms with Gasteiger partial charge in [0, 0.05) is 43.9 Å². The zero-order valence-corrected chi connectivity index (χ0v) is 16.9. The smallest absolute Gasteiger partial charge is 0.245 e. The van der Waals surface area contributed by atoms with Crippen LogP contribution < -0.4 is 4.90 Å². The molecule has 2 fully saturated rings. The van der Waals surface area contributed by atoms with E-state index in [4.69, 9.17) is 9.47 Å². The van der Waals surface area contributed by atoms with Crippen molar-refractivity contribution in [3.63, 3.8) is 0 Å². The van der Waals surface area contributed by atoms with Gasteiger partial charge in [0.2, 0.25) is 15.9 Å². The van der Waals surface area contributed by atoms with Crippen molar-refractivity contribution in [3.8, 4) is 0 Å². The van der Waals surface area contributed by atoms with Crippen LogP contribution in [0.5, 0.6) is 0 Å². The Labute approximate surface area is 161 Å². The minimum absolute atomic E-state index is 0.145. The quantitative estimate of drug-likeness (QED) is 0.695. The summed E-state index contributed by atoms with van der Waals surface area (Å²) in [6.45, 7) is 3.76. The van der Waals surface area contributed by atoms with Gasteiger partial charge >= 0.3 is 0 Å². The van der Waals surface area contributed by atoms with Gasteiger partial charge < -0.3 is 14.4 Å². The van der Waals surface area contributed by atoms with E-state index in [-0.39, 0.29) is 10.8 Å². The second-order valence-corrected chi connectivity index (χ2v) is 9.67. The molecule has 1 amide bonds. The lowest BCUT2D eigenvalue weighted by Crippen LogP contribution is -2.47. The van der Waals surface area contributed by atoms with Gasteiger partial charge in [-0.2, -0.15) is 4.31 Å². The third-order valence-corrected chi connectivity index (χ3v) is 7.66. The first-order valence-electron chi connectivity index (χ1n) is 8.71. The molecule has 3 heterocycles. The monoisotopic (exact) mass is 444 g/mol. The highest BCUT2D eigenvalue weighted by atomic mass is 79.9. The summed E-state index contributed by atoms with van der Waals surface area (Å²) < 4.78 is 40.3. The number of amides is 1. The van der Waals surface area contributed by atoms with Gasteiger partial charge in [0.1, 0.15) is 4.90 Å². The number of hydrogen-bond acceptors (Lipinski definition) is 5. The van der Waals surface area contributed by atoms with Crippen LogP contribution in [0.4, 0.5) is 5.69 Å². The van der Waals surface area contributed by atoms with E-state index in [1.807, 2.05) is 6.07 Å². The van der Waals surface area contributed by atoms with Crippen LogP contribution in [0.2, 0.25) is 0 Å². The Kier molecular flexibility index (Phi) is 4.63. The number of piperidine rings is 1. The van der Waals surface area contributed by atoms with Crippen molar-refractivity contribution >= 4 is 37.5 Å². The lowest BCUT2D eigenvalue weighted by molar-refractivity contribution is -0.179. The number of hydrogen-bond donors (Lipinski definition) is 0. The molecule has 2 saturated heterocycles. The van der Waals surface area contributed by atoms with Gasteiger partial charge in [0.25, 0.3) is 0 Å². The maximum atomic E-state index is 13.4. The van der Waals surface area contributed by atoms with Crippen molar-refractivity contribution in [1.29, 1.82) is 0 Å². The summed E-state index contributed by atoms with van der Waals surface area (Å²) in [4.78, 5) is 13.7. The van der Waals surface area contributed by atoms with E-state index in [0.717, 1.165) is 5.56 Å². The predicted molar refractivity (Wildman–Crippen MR) is 98.5 cm³/mol. The van der Waals surface area contributed by atoms with Crippen LogP contribution in [-0.4, -0.2) is 57.3 Å². The van der Waals surface area contributed by atoms with E-state index in [2.05, 4.69) is 15.9 Å². The van der Waals surface area contributed by atoms with Gasteiger partial charge in [0.05, 0.1) is 18.9 Å². The molecular weight excluding hydrogens is 424 g/mol. The van der Waals surface area contributed by atoms with Crippen LogP contribution in [0.25, 0.3) is 0 Å². The number of fused-ring (bicyclic) bond motifs is 1. The average Bonchev–Trinajstić information content (AvgIpc) is 3.21. The standard InChI is InChI=1S/C17H21BrN2O5S/c1-12(21)20-5-2-13-10-14(18)11-15(16(13)20)26(22,23)19-6-3-17(4-7-19)24-8-9-25-17/h10-11H,2-9H2,1H3. The van der Waals surface area contributed by atoms with E-state index in [1.165, 1.54) is 11.2 Å². The van der Waals surface area contributed by atoms with Crippen LogP contribution in [0.15, 0.2) is 21.5 Å². The number of rotatable bonds is 2. The topological polar surface area (TPSA) is 76.2 Å². The molecule has 142 valence electrons. The lowest BCUT2D eigenvalue weighted by atomic mass is 10.1. The molecule has 0 unspecified atom stereocenters. The van der Waals surface area contributed by atoms with Gasteiger partial charge in [0.15, 0.2) is 5.79 Å². The first kappa shape index (κ1) is 18.4. The zero-order valence-electron chi connectivity index (χ0n) is 14.5. The summed E-state index contributed by atoms with van der Waals surface area (Å²) in [5, 5.41) is 0. The zero-order chi connectivity index (χ0) is 18.5. The number of anilines is 1. The number of nitrogens with zero attached hydrogens (tertiary/aromatic N) is 2. The lowest BCUT2D eigenvalue weighted by Gasteiger charge is -2.37. The molecule has 0 aliphatic carbocycles. The average molecular weight is 445 g/mol. The van der Waals surface area contributed by atoms with Gasteiger partial charge in [-0.3, -0.25) is 4.79 Å². The Morgan fingerprint density at radius 3 is 2.42 bits per heavy atom. The van der Waals surface area contributed by atoms with Crippen molar-refractivity contribution in [3.05, 3.63) is 22.2 Å². The summed E-state index contributed by atoms with van der Waals surface area (Å²) in [5.41, 5.74) is 1.40. The second kappa shape index (κ2) is 6.56. The molecule has 0 aromatic heterocycles. The van der Waals surface area contributed by atoms with Gasteiger partial charge in [-0.1, -0.05) is 15.9 Å². The normalized spacial score (nSPS) is 22.8. The molecule has 9 heteroatoms. The maximum Gasteiger partial charge on any atom is 0.245 e. The molecule has 1 aromatic rings.